The zero-order valence-electron chi connectivity index (χ0n) is 12.5. The molecule has 0 bridgehead atoms. The van der Waals surface area contributed by atoms with Crippen LogP contribution in [-0.2, 0) is 9.59 Å². The van der Waals surface area contributed by atoms with Crippen molar-refractivity contribution in [3.8, 4) is 10.4 Å². The number of benzene rings is 1. The minimum absolute atomic E-state index is 0.323. The number of nitrogens with two attached hydrogens (primary N) is 1. The number of carbonyl (C=O) groups is 2. The molecule has 7 nitrogen and oxygen atoms in total. The summed E-state index contributed by atoms with van der Waals surface area (Å²) in [6, 6.07) is 10.6. The van der Waals surface area contributed by atoms with Crippen LogP contribution in [0.4, 0.5) is 5.82 Å². The molecule has 1 aromatic carbocycles. The number of primary amides is 1. The minimum atomic E-state index is -1.17. The van der Waals surface area contributed by atoms with E-state index in [2.05, 4.69) is 15.3 Å². The maximum Gasteiger partial charge on any atom is 0.326 e. The Morgan fingerprint density at radius 2 is 2.00 bits per heavy atom. The van der Waals surface area contributed by atoms with Crippen LogP contribution in [0.2, 0.25) is 0 Å². The molecule has 0 aliphatic carbocycles. The molecule has 0 aliphatic rings. The van der Waals surface area contributed by atoms with Crippen molar-refractivity contribution in [2.75, 3.05) is 5.32 Å². The lowest BCUT2D eigenvalue weighted by Crippen LogP contribution is -2.34. The fourth-order valence-corrected chi connectivity index (χ4v) is 3.29. The highest BCUT2D eigenvalue weighted by Gasteiger charge is 2.22. The molecule has 0 fully saturated rings. The maximum atomic E-state index is 11.3. The zero-order valence-corrected chi connectivity index (χ0v) is 13.3. The van der Waals surface area contributed by atoms with Crippen LogP contribution < -0.4 is 11.1 Å². The number of anilines is 1. The van der Waals surface area contributed by atoms with Gasteiger partial charge in [-0.15, -0.1) is 11.3 Å². The van der Waals surface area contributed by atoms with Crippen LogP contribution >= 0.6 is 11.3 Å². The van der Waals surface area contributed by atoms with Gasteiger partial charge in [-0.05, 0) is 11.6 Å². The van der Waals surface area contributed by atoms with Crippen LogP contribution in [0.3, 0.4) is 0 Å². The highest BCUT2D eigenvalue weighted by Crippen LogP contribution is 2.35. The van der Waals surface area contributed by atoms with E-state index in [0.717, 1.165) is 15.3 Å². The van der Waals surface area contributed by atoms with E-state index in [-0.39, 0.29) is 6.42 Å². The molecule has 8 heteroatoms. The van der Waals surface area contributed by atoms with Crippen LogP contribution in [0.15, 0.2) is 42.7 Å². The van der Waals surface area contributed by atoms with Crippen molar-refractivity contribution >= 4 is 39.2 Å². The molecule has 0 saturated carbocycles. The van der Waals surface area contributed by atoms with Gasteiger partial charge in [0.15, 0.2) is 0 Å². The second-order valence-corrected chi connectivity index (χ2v) is 6.15. The molecule has 1 atom stereocenters. The lowest BCUT2D eigenvalue weighted by atomic mass is 10.1. The van der Waals surface area contributed by atoms with Gasteiger partial charge in [-0.2, -0.15) is 0 Å². The highest BCUT2D eigenvalue weighted by molar-refractivity contribution is 7.21. The second-order valence-electron chi connectivity index (χ2n) is 5.12. The number of carbonyl (C=O) groups excluding carboxylic acids is 1. The smallest absolute Gasteiger partial charge is 0.326 e. The SMILES string of the molecule is NC(=O)C[C@H](Nc1ncnc2sc(-c3ccccc3)cc12)C(=O)O. The van der Waals surface area contributed by atoms with E-state index in [9.17, 15) is 14.7 Å². The number of rotatable bonds is 6. The molecule has 0 spiro atoms. The molecule has 2 heterocycles. The molecule has 1 amide bonds. The fourth-order valence-electron chi connectivity index (χ4n) is 2.28. The second kappa shape index (κ2) is 6.63. The normalized spacial score (nSPS) is 12.0. The summed E-state index contributed by atoms with van der Waals surface area (Å²) in [5, 5.41) is 12.7. The first-order chi connectivity index (χ1) is 11.5. The Balaban J connectivity index is 1.98. The first-order valence-electron chi connectivity index (χ1n) is 7.12. The average molecular weight is 342 g/mol. The van der Waals surface area contributed by atoms with Gasteiger partial charge in [0, 0.05) is 4.88 Å². The summed E-state index contributed by atoms with van der Waals surface area (Å²) in [6.45, 7) is 0. The monoisotopic (exact) mass is 342 g/mol. The van der Waals surface area contributed by atoms with Gasteiger partial charge in [-0.3, -0.25) is 4.79 Å². The molecule has 0 radical (unpaired) electrons. The predicted molar refractivity (Wildman–Crippen MR) is 91.7 cm³/mol. The van der Waals surface area contributed by atoms with Crippen LogP contribution in [-0.4, -0.2) is 33.0 Å². The number of aromatic nitrogens is 2. The van der Waals surface area contributed by atoms with Crippen LogP contribution in [0, 0.1) is 0 Å². The number of nitrogens with one attached hydrogen (secondary N) is 1. The van der Waals surface area contributed by atoms with Crippen molar-refractivity contribution in [3.05, 3.63) is 42.7 Å². The average Bonchev–Trinajstić information content (AvgIpc) is 3.00. The summed E-state index contributed by atoms with van der Waals surface area (Å²) < 4.78 is 0. The molecular weight excluding hydrogens is 328 g/mol. The summed E-state index contributed by atoms with van der Waals surface area (Å²) in [5.74, 6) is -1.50. The summed E-state index contributed by atoms with van der Waals surface area (Å²) in [5.41, 5.74) is 6.14. The lowest BCUT2D eigenvalue weighted by Gasteiger charge is -2.13. The molecule has 0 saturated heterocycles. The number of amides is 1. The number of hydrogen-bond acceptors (Lipinski definition) is 6. The Hall–Kier alpha value is -3.00. The molecule has 2 aromatic heterocycles. The molecular formula is C16H14N4O3S. The van der Waals surface area contributed by atoms with E-state index in [1.165, 1.54) is 17.7 Å². The molecule has 4 N–H and O–H groups in total. The number of carboxylic acid groups (broad SMARTS) is 1. The van der Waals surface area contributed by atoms with Crippen LogP contribution in [0.25, 0.3) is 20.7 Å². The third-order valence-electron chi connectivity index (χ3n) is 3.40. The molecule has 0 aliphatic heterocycles. The Bertz CT molecular complexity index is 895. The third kappa shape index (κ3) is 3.33. The summed E-state index contributed by atoms with van der Waals surface area (Å²) in [6.07, 6.45) is 1.04. The van der Waals surface area contributed by atoms with Crippen LogP contribution in [0.1, 0.15) is 6.42 Å². The minimum Gasteiger partial charge on any atom is -0.480 e. The maximum absolute atomic E-state index is 11.3. The lowest BCUT2D eigenvalue weighted by molar-refractivity contribution is -0.139. The summed E-state index contributed by atoms with van der Waals surface area (Å²) >= 11 is 1.48. The molecule has 122 valence electrons. The van der Waals surface area contributed by atoms with E-state index in [1.807, 2.05) is 36.4 Å². The van der Waals surface area contributed by atoms with Gasteiger partial charge in [0.1, 0.15) is 23.0 Å². The van der Waals surface area contributed by atoms with E-state index >= 15 is 0 Å². The molecule has 0 unspecified atom stereocenters. The number of hydrogen-bond donors (Lipinski definition) is 3. The zero-order chi connectivity index (χ0) is 17.1. The van der Waals surface area contributed by atoms with Gasteiger partial charge in [0.25, 0.3) is 0 Å². The Labute approximate surface area is 141 Å². The Morgan fingerprint density at radius 1 is 1.25 bits per heavy atom. The van der Waals surface area contributed by atoms with E-state index in [1.54, 1.807) is 0 Å². The van der Waals surface area contributed by atoms with Crippen molar-refractivity contribution in [3.63, 3.8) is 0 Å². The number of nitrogens with zero attached hydrogens (tertiary/aromatic N) is 2. The van der Waals surface area contributed by atoms with Gasteiger partial charge < -0.3 is 16.2 Å². The van der Waals surface area contributed by atoms with Gasteiger partial charge in [-0.25, -0.2) is 14.8 Å². The third-order valence-corrected chi connectivity index (χ3v) is 4.49. The fraction of sp³-hybridized carbons (Fsp3) is 0.125. The first-order valence-corrected chi connectivity index (χ1v) is 7.94. The number of carboxylic acids is 1. The van der Waals surface area contributed by atoms with E-state index < -0.39 is 17.9 Å². The standard InChI is InChI=1S/C16H14N4O3S/c17-13(21)7-11(16(22)23)20-14-10-6-12(9-4-2-1-3-5-9)24-15(10)19-8-18-14/h1-6,8,11H,7H2,(H2,17,21)(H,22,23)(H,18,19,20)/t11-/m0/s1. The van der Waals surface area contributed by atoms with Crippen molar-refractivity contribution in [1.29, 1.82) is 0 Å². The molecule has 24 heavy (non-hydrogen) atoms. The number of fused-ring (bicyclic) bond motifs is 1. The summed E-state index contributed by atoms with van der Waals surface area (Å²) in [7, 11) is 0. The Kier molecular flexibility index (Phi) is 4.39. The molecule has 3 aromatic rings. The topological polar surface area (TPSA) is 118 Å². The first kappa shape index (κ1) is 15.9. The van der Waals surface area contributed by atoms with Crippen LogP contribution in [0.5, 0.6) is 0 Å². The number of aliphatic carboxylic acids is 1. The van der Waals surface area contributed by atoms with Gasteiger partial charge in [0.2, 0.25) is 5.91 Å². The quantitative estimate of drug-likeness (QED) is 0.631. The van der Waals surface area contributed by atoms with Crippen molar-refractivity contribution in [1.82, 2.24) is 9.97 Å². The van der Waals surface area contributed by atoms with Gasteiger partial charge >= 0.3 is 5.97 Å². The Morgan fingerprint density at radius 3 is 2.67 bits per heavy atom. The van der Waals surface area contributed by atoms with E-state index in [4.69, 9.17) is 5.73 Å². The van der Waals surface area contributed by atoms with Crippen molar-refractivity contribution < 1.29 is 14.7 Å². The van der Waals surface area contributed by atoms with Gasteiger partial charge in [-0.1, -0.05) is 30.3 Å². The van der Waals surface area contributed by atoms with Gasteiger partial charge in [0.05, 0.1) is 11.8 Å². The number of thiophene rings is 1. The predicted octanol–water partition coefficient (Wildman–Crippen LogP) is 2.10. The largest absolute Gasteiger partial charge is 0.480 e. The van der Waals surface area contributed by atoms with Crippen molar-refractivity contribution in [2.24, 2.45) is 5.73 Å². The highest BCUT2D eigenvalue weighted by atomic mass is 32.1. The van der Waals surface area contributed by atoms with E-state index in [0.29, 0.717) is 11.2 Å². The molecule has 3 rings (SSSR count). The summed E-state index contributed by atoms with van der Waals surface area (Å²) in [4.78, 5) is 32.4. The van der Waals surface area contributed by atoms with Crippen molar-refractivity contribution in [2.45, 2.75) is 12.5 Å².